The molecule has 2 amide bonds. The Hall–Kier alpha value is -2.40. The Morgan fingerprint density at radius 1 is 1.35 bits per heavy atom. The van der Waals surface area contributed by atoms with Gasteiger partial charge in [-0.15, -0.1) is 0 Å². The molecule has 4 rings (SSSR count). The molecule has 23 heavy (non-hydrogen) atoms. The highest BCUT2D eigenvalue weighted by molar-refractivity contribution is 5.91. The summed E-state index contributed by atoms with van der Waals surface area (Å²) in [6, 6.07) is 12.6. The molecule has 2 atom stereocenters. The van der Waals surface area contributed by atoms with Gasteiger partial charge in [-0.05, 0) is 43.2 Å². The summed E-state index contributed by atoms with van der Waals surface area (Å²) in [5, 5.41) is 6.45. The Labute approximate surface area is 135 Å². The van der Waals surface area contributed by atoms with E-state index in [1.54, 1.807) is 6.20 Å². The fraction of sp³-hybridized carbons (Fsp3) is 0.333. The number of aromatic nitrogens is 1. The average molecular weight is 308 g/mol. The van der Waals surface area contributed by atoms with Crippen LogP contribution < -0.4 is 10.6 Å². The summed E-state index contributed by atoms with van der Waals surface area (Å²) in [7, 11) is 0. The zero-order valence-corrected chi connectivity index (χ0v) is 13.1. The minimum atomic E-state index is -0.00479. The van der Waals surface area contributed by atoms with Gasteiger partial charge in [-0.3, -0.25) is 4.98 Å². The van der Waals surface area contributed by atoms with Crippen LogP contribution in [0.15, 0.2) is 42.6 Å². The van der Waals surface area contributed by atoms with Crippen LogP contribution in [0.3, 0.4) is 0 Å². The average Bonchev–Trinajstić information content (AvgIpc) is 3.20. The molecule has 1 aromatic carbocycles. The standard InChI is InChI=1S/C18H20N4O/c1-12-5-6-13(9-16(12)17-4-2-3-7-19-17)21-18(23)22-11-14-8-15(22)10-20-14/h2-7,9,14-15,20H,8,10-11H2,1H3,(H,21,23). The Morgan fingerprint density at radius 3 is 2.96 bits per heavy atom. The second kappa shape index (κ2) is 5.66. The maximum atomic E-state index is 12.5. The highest BCUT2D eigenvalue weighted by Crippen LogP contribution is 2.27. The molecule has 3 heterocycles. The molecule has 2 aromatic rings. The zero-order valence-electron chi connectivity index (χ0n) is 13.1. The van der Waals surface area contributed by atoms with E-state index in [0.717, 1.165) is 42.0 Å². The molecule has 0 spiro atoms. The third-order valence-electron chi connectivity index (χ3n) is 4.75. The Kier molecular flexibility index (Phi) is 3.50. The highest BCUT2D eigenvalue weighted by Gasteiger charge is 2.40. The van der Waals surface area contributed by atoms with Crippen molar-refractivity contribution in [3.63, 3.8) is 0 Å². The molecule has 5 heteroatoms. The first-order chi connectivity index (χ1) is 11.2. The fourth-order valence-electron chi connectivity index (χ4n) is 3.50. The van der Waals surface area contributed by atoms with Gasteiger partial charge in [0.15, 0.2) is 0 Å². The van der Waals surface area contributed by atoms with E-state index in [1.165, 1.54) is 0 Å². The molecule has 0 radical (unpaired) electrons. The summed E-state index contributed by atoms with van der Waals surface area (Å²) >= 11 is 0. The number of nitrogens with one attached hydrogen (secondary N) is 2. The molecular formula is C18H20N4O. The number of hydrogen-bond donors (Lipinski definition) is 2. The van der Waals surface area contributed by atoms with E-state index >= 15 is 0 Å². The number of rotatable bonds is 2. The number of carbonyl (C=O) groups is 1. The number of nitrogens with zero attached hydrogens (tertiary/aromatic N) is 2. The molecule has 2 N–H and O–H groups in total. The van der Waals surface area contributed by atoms with Crippen LogP contribution in [-0.2, 0) is 0 Å². The largest absolute Gasteiger partial charge is 0.322 e. The molecule has 2 aliphatic rings. The van der Waals surface area contributed by atoms with E-state index in [2.05, 4.69) is 22.5 Å². The first-order valence-electron chi connectivity index (χ1n) is 8.04. The summed E-state index contributed by atoms with van der Waals surface area (Å²) in [4.78, 5) is 18.9. The quantitative estimate of drug-likeness (QED) is 0.896. The van der Waals surface area contributed by atoms with Crippen molar-refractivity contribution in [3.8, 4) is 11.3 Å². The predicted octanol–water partition coefficient (Wildman–Crippen LogP) is 2.64. The number of likely N-dealkylation sites (tertiary alicyclic amines) is 1. The first-order valence-corrected chi connectivity index (χ1v) is 8.04. The van der Waals surface area contributed by atoms with Crippen molar-refractivity contribution in [2.24, 2.45) is 0 Å². The number of fused-ring (bicyclic) bond motifs is 2. The van der Waals surface area contributed by atoms with Crippen molar-refractivity contribution in [1.29, 1.82) is 0 Å². The number of pyridine rings is 1. The van der Waals surface area contributed by atoms with Crippen molar-refractivity contribution in [2.75, 3.05) is 18.4 Å². The van der Waals surface area contributed by atoms with E-state index in [9.17, 15) is 4.79 Å². The lowest BCUT2D eigenvalue weighted by Gasteiger charge is -2.27. The molecule has 0 saturated carbocycles. The van der Waals surface area contributed by atoms with E-state index in [-0.39, 0.29) is 6.03 Å². The smallest absolute Gasteiger partial charge is 0.319 e. The van der Waals surface area contributed by atoms with Crippen LogP contribution >= 0.6 is 0 Å². The van der Waals surface area contributed by atoms with Crippen LogP contribution in [0.1, 0.15) is 12.0 Å². The number of benzene rings is 1. The Balaban J connectivity index is 1.54. The van der Waals surface area contributed by atoms with Crippen molar-refractivity contribution < 1.29 is 4.79 Å². The second-order valence-corrected chi connectivity index (χ2v) is 6.32. The predicted molar refractivity (Wildman–Crippen MR) is 90.3 cm³/mol. The number of amides is 2. The maximum Gasteiger partial charge on any atom is 0.322 e. The van der Waals surface area contributed by atoms with Gasteiger partial charge >= 0.3 is 6.03 Å². The molecule has 5 nitrogen and oxygen atoms in total. The minimum Gasteiger partial charge on any atom is -0.319 e. The van der Waals surface area contributed by atoms with Crippen molar-refractivity contribution >= 4 is 11.7 Å². The lowest BCUT2D eigenvalue weighted by atomic mass is 10.0. The van der Waals surface area contributed by atoms with Gasteiger partial charge in [-0.1, -0.05) is 12.1 Å². The summed E-state index contributed by atoms with van der Waals surface area (Å²) in [6.07, 6.45) is 2.86. The van der Waals surface area contributed by atoms with E-state index in [4.69, 9.17) is 0 Å². The molecular weight excluding hydrogens is 288 g/mol. The van der Waals surface area contributed by atoms with Gasteiger partial charge < -0.3 is 15.5 Å². The summed E-state index contributed by atoms with van der Waals surface area (Å²) in [6.45, 7) is 3.77. The molecule has 0 aliphatic carbocycles. The van der Waals surface area contributed by atoms with Gasteiger partial charge in [0.1, 0.15) is 0 Å². The number of anilines is 1. The van der Waals surface area contributed by atoms with Crippen molar-refractivity contribution in [3.05, 3.63) is 48.2 Å². The van der Waals surface area contributed by atoms with Gasteiger partial charge in [0.25, 0.3) is 0 Å². The molecule has 118 valence electrons. The number of hydrogen-bond acceptors (Lipinski definition) is 3. The summed E-state index contributed by atoms with van der Waals surface area (Å²) in [5.74, 6) is 0. The summed E-state index contributed by atoms with van der Waals surface area (Å²) < 4.78 is 0. The maximum absolute atomic E-state index is 12.5. The molecule has 1 aromatic heterocycles. The monoisotopic (exact) mass is 308 g/mol. The van der Waals surface area contributed by atoms with Crippen LogP contribution in [0.2, 0.25) is 0 Å². The lowest BCUT2D eigenvalue weighted by Crippen LogP contribution is -2.48. The van der Waals surface area contributed by atoms with E-state index < -0.39 is 0 Å². The Morgan fingerprint density at radius 2 is 2.26 bits per heavy atom. The number of urea groups is 1. The van der Waals surface area contributed by atoms with Gasteiger partial charge in [0.05, 0.1) is 5.69 Å². The number of aryl methyl sites for hydroxylation is 1. The molecule has 2 aliphatic heterocycles. The second-order valence-electron chi connectivity index (χ2n) is 6.32. The zero-order chi connectivity index (χ0) is 15.8. The van der Waals surface area contributed by atoms with Crippen LogP contribution in [0.5, 0.6) is 0 Å². The Bertz CT molecular complexity index is 731. The van der Waals surface area contributed by atoms with Gasteiger partial charge in [-0.25, -0.2) is 4.79 Å². The van der Waals surface area contributed by atoms with E-state index in [1.807, 2.05) is 41.3 Å². The molecule has 2 bridgehead atoms. The topological polar surface area (TPSA) is 57.3 Å². The fourth-order valence-corrected chi connectivity index (χ4v) is 3.50. The van der Waals surface area contributed by atoms with Crippen molar-refractivity contribution in [1.82, 2.24) is 15.2 Å². The van der Waals surface area contributed by atoms with Crippen LogP contribution in [0, 0.1) is 6.92 Å². The van der Waals surface area contributed by atoms with Gasteiger partial charge in [-0.2, -0.15) is 0 Å². The SMILES string of the molecule is Cc1ccc(NC(=O)N2CC3CC2CN3)cc1-c1ccccn1. The summed E-state index contributed by atoms with van der Waals surface area (Å²) in [5.41, 5.74) is 3.93. The van der Waals surface area contributed by atoms with Crippen LogP contribution in [-0.4, -0.2) is 41.1 Å². The number of carbonyl (C=O) groups excluding carboxylic acids is 1. The lowest BCUT2D eigenvalue weighted by molar-refractivity contribution is 0.199. The third kappa shape index (κ3) is 2.68. The van der Waals surface area contributed by atoms with Crippen LogP contribution in [0.4, 0.5) is 10.5 Å². The van der Waals surface area contributed by atoms with Crippen LogP contribution in [0.25, 0.3) is 11.3 Å². The van der Waals surface area contributed by atoms with Crippen molar-refractivity contribution in [2.45, 2.75) is 25.4 Å². The molecule has 2 fully saturated rings. The highest BCUT2D eigenvalue weighted by atomic mass is 16.2. The van der Waals surface area contributed by atoms with Gasteiger partial charge in [0.2, 0.25) is 0 Å². The molecule has 2 unspecified atom stereocenters. The van der Waals surface area contributed by atoms with E-state index in [0.29, 0.717) is 12.1 Å². The molecule has 2 saturated heterocycles. The van der Waals surface area contributed by atoms with Gasteiger partial charge in [0, 0.05) is 42.6 Å². The normalized spacial score (nSPS) is 22.4. The number of piperazine rings is 1. The first kappa shape index (κ1) is 14.2. The minimum absolute atomic E-state index is 0.00479. The third-order valence-corrected chi connectivity index (χ3v) is 4.75.